The molecule has 0 saturated carbocycles. The molecule has 0 unspecified atom stereocenters. The number of piperidine rings is 1. The van der Waals surface area contributed by atoms with Gasteiger partial charge in [0.05, 0.1) is 28.6 Å². The van der Waals surface area contributed by atoms with Gasteiger partial charge in [-0.25, -0.2) is 4.68 Å². The summed E-state index contributed by atoms with van der Waals surface area (Å²) in [7, 11) is 0. The Kier molecular flexibility index (Phi) is 6.72. The fraction of sp³-hybridized carbons (Fsp3) is 0.370. The van der Waals surface area contributed by atoms with Crippen LogP contribution in [0.25, 0.3) is 16.0 Å². The number of aryl methyl sites for hydroxylation is 2. The van der Waals surface area contributed by atoms with E-state index in [9.17, 15) is 4.79 Å². The highest BCUT2D eigenvalue weighted by Crippen LogP contribution is 2.34. The lowest BCUT2D eigenvalue weighted by Crippen LogP contribution is -2.43. The number of anilines is 1. The maximum Gasteiger partial charge on any atom is 0.225 e. The van der Waals surface area contributed by atoms with E-state index in [2.05, 4.69) is 41.4 Å². The van der Waals surface area contributed by atoms with Crippen LogP contribution >= 0.6 is 11.3 Å². The first-order chi connectivity index (χ1) is 17.0. The molecule has 4 aromatic rings. The number of thiazole rings is 1. The van der Waals surface area contributed by atoms with Gasteiger partial charge < -0.3 is 15.0 Å². The van der Waals surface area contributed by atoms with Crippen molar-refractivity contribution in [1.82, 2.24) is 20.1 Å². The number of aromatic nitrogens is 3. The van der Waals surface area contributed by atoms with Gasteiger partial charge in [0.15, 0.2) is 10.8 Å². The van der Waals surface area contributed by atoms with Gasteiger partial charge in [-0.05, 0) is 63.4 Å². The van der Waals surface area contributed by atoms with E-state index < -0.39 is 0 Å². The lowest BCUT2D eigenvalue weighted by molar-refractivity contribution is -0.125. The summed E-state index contributed by atoms with van der Waals surface area (Å²) in [5.74, 6) is 0.905. The quantitative estimate of drug-likeness (QED) is 0.394. The van der Waals surface area contributed by atoms with Gasteiger partial charge in [-0.15, -0.1) is 0 Å². The third-order valence-electron chi connectivity index (χ3n) is 6.42. The standard InChI is InChI=1S/C27H31N5O2S/c1-4-34-23-13-9-20(10-14-23)16-28-26(33)21-6-5-15-31(17-21)27-29-25-24(35-27)19(3)30-32(25)22-11-7-18(2)8-12-22/h7-14,21H,4-6,15-17H2,1-3H3,(H,28,33)/t21-/m0/s1. The minimum atomic E-state index is -0.0480. The van der Waals surface area contributed by atoms with Crippen molar-refractivity contribution < 1.29 is 9.53 Å². The first kappa shape index (κ1) is 23.4. The first-order valence-electron chi connectivity index (χ1n) is 12.2. The zero-order valence-electron chi connectivity index (χ0n) is 20.5. The number of nitrogens with one attached hydrogen (secondary N) is 1. The summed E-state index contributed by atoms with van der Waals surface area (Å²) in [5, 5.41) is 8.81. The number of ether oxygens (including phenoxy) is 1. The lowest BCUT2D eigenvalue weighted by Gasteiger charge is -2.31. The smallest absolute Gasteiger partial charge is 0.225 e. The van der Waals surface area contributed by atoms with Crippen LogP contribution in [0.5, 0.6) is 5.75 Å². The van der Waals surface area contributed by atoms with Crippen molar-refractivity contribution in [3.63, 3.8) is 0 Å². The number of carbonyl (C=O) groups is 1. The largest absolute Gasteiger partial charge is 0.494 e. The van der Waals surface area contributed by atoms with Gasteiger partial charge in [0.2, 0.25) is 5.91 Å². The fourth-order valence-electron chi connectivity index (χ4n) is 4.49. The minimum Gasteiger partial charge on any atom is -0.494 e. The Bertz CT molecular complexity index is 1310. The third-order valence-corrected chi connectivity index (χ3v) is 7.63. The Balaban J connectivity index is 1.27. The van der Waals surface area contributed by atoms with Crippen molar-refractivity contribution in [2.24, 2.45) is 5.92 Å². The average molecular weight is 490 g/mol. The molecule has 1 aliphatic rings. The predicted octanol–water partition coefficient (Wildman–Crippen LogP) is 5.03. The first-order valence-corrected chi connectivity index (χ1v) is 13.0. The normalized spacial score (nSPS) is 16.0. The van der Waals surface area contributed by atoms with E-state index in [4.69, 9.17) is 14.8 Å². The van der Waals surface area contributed by atoms with Crippen LogP contribution in [0.4, 0.5) is 5.13 Å². The number of hydrogen-bond donors (Lipinski definition) is 1. The molecule has 5 rings (SSSR count). The van der Waals surface area contributed by atoms with Gasteiger partial charge >= 0.3 is 0 Å². The molecule has 2 aromatic heterocycles. The highest BCUT2D eigenvalue weighted by atomic mass is 32.1. The Morgan fingerprint density at radius 1 is 1.14 bits per heavy atom. The van der Waals surface area contributed by atoms with Crippen LogP contribution in [0.3, 0.4) is 0 Å². The Labute approximate surface area is 209 Å². The van der Waals surface area contributed by atoms with Crippen molar-refractivity contribution in [1.29, 1.82) is 0 Å². The highest BCUT2D eigenvalue weighted by Gasteiger charge is 2.28. The molecule has 1 aliphatic heterocycles. The van der Waals surface area contributed by atoms with Crippen molar-refractivity contribution in [3.8, 4) is 11.4 Å². The van der Waals surface area contributed by atoms with Gasteiger partial charge in [0, 0.05) is 19.6 Å². The molecule has 1 atom stereocenters. The molecule has 0 spiro atoms. The van der Waals surface area contributed by atoms with Crippen LogP contribution < -0.4 is 15.0 Å². The highest BCUT2D eigenvalue weighted by molar-refractivity contribution is 7.22. The molecule has 7 nitrogen and oxygen atoms in total. The maximum atomic E-state index is 13.0. The van der Waals surface area contributed by atoms with Crippen molar-refractivity contribution in [2.45, 2.75) is 40.2 Å². The molecule has 1 amide bonds. The molecule has 0 radical (unpaired) electrons. The van der Waals surface area contributed by atoms with Crippen LogP contribution in [0.15, 0.2) is 48.5 Å². The molecule has 182 valence electrons. The average Bonchev–Trinajstić information content (AvgIpc) is 3.45. The van der Waals surface area contributed by atoms with Gasteiger partial charge in [-0.1, -0.05) is 41.2 Å². The summed E-state index contributed by atoms with van der Waals surface area (Å²) in [6.45, 7) is 8.84. The molecular weight excluding hydrogens is 458 g/mol. The van der Waals surface area contributed by atoms with Crippen LogP contribution in [-0.4, -0.2) is 40.4 Å². The lowest BCUT2D eigenvalue weighted by atomic mass is 9.97. The second kappa shape index (κ2) is 10.1. The molecule has 0 bridgehead atoms. The third kappa shape index (κ3) is 5.03. The van der Waals surface area contributed by atoms with E-state index in [-0.39, 0.29) is 11.8 Å². The molecule has 3 heterocycles. The maximum absolute atomic E-state index is 13.0. The van der Waals surface area contributed by atoms with E-state index in [0.29, 0.717) is 19.7 Å². The molecule has 35 heavy (non-hydrogen) atoms. The number of amides is 1. The van der Waals surface area contributed by atoms with E-state index >= 15 is 0 Å². The number of carbonyl (C=O) groups excluding carboxylic acids is 1. The summed E-state index contributed by atoms with van der Waals surface area (Å²) < 4.78 is 8.52. The molecule has 1 fully saturated rings. The van der Waals surface area contributed by atoms with Crippen LogP contribution in [-0.2, 0) is 11.3 Å². The van der Waals surface area contributed by atoms with E-state index in [0.717, 1.165) is 57.6 Å². The predicted molar refractivity (Wildman–Crippen MR) is 141 cm³/mol. The Hall–Kier alpha value is -3.39. The molecule has 8 heteroatoms. The molecule has 1 saturated heterocycles. The van der Waals surface area contributed by atoms with Gasteiger partial charge in [0.1, 0.15) is 5.75 Å². The number of nitrogens with zero attached hydrogens (tertiary/aromatic N) is 4. The van der Waals surface area contributed by atoms with Crippen molar-refractivity contribution >= 4 is 32.7 Å². The molecule has 2 aromatic carbocycles. The van der Waals surface area contributed by atoms with E-state index in [1.54, 1.807) is 11.3 Å². The van der Waals surface area contributed by atoms with Gasteiger partial charge in [0.25, 0.3) is 0 Å². The number of hydrogen-bond acceptors (Lipinski definition) is 6. The monoisotopic (exact) mass is 489 g/mol. The Morgan fingerprint density at radius 2 is 1.91 bits per heavy atom. The summed E-state index contributed by atoms with van der Waals surface area (Å²) in [4.78, 5) is 20.2. The minimum absolute atomic E-state index is 0.0480. The second-order valence-corrected chi connectivity index (χ2v) is 10.0. The van der Waals surface area contributed by atoms with Crippen LogP contribution in [0.1, 0.15) is 36.6 Å². The van der Waals surface area contributed by atoms with Crippen LogP contribution in [0, 0.1) is 19.8 Å². The zero-order chi connectivity index (χ0) is 24.4. The fourth-order valence-corrected chi connectivity index (χ4v) is 5.51. The van der Waals surface area contributed by atoms with E-state index in [1.165, 1.54) is 5.56 Å². The number of benzene rings is 2. The Morgan fingerprint density at radius 3 is 2.66 bits per heavy atom. The topological polar surface area (TPSA) is 72.3 Å². The summed E-state index contributed by atoms with van der Waals surface area (Å²) in [5.41, 5.74) is 5.15. The molecular formula is C27H31N5O2S. The van der Waals surface area contributed by atoms with Gasteiger partial charge in [-0.2, -0.15) is 10.1 Å². The van der Waals surface area contributed by atoms with Crippen LogP contribution in [0.2, 0.25) is 0 Å². The summed E-state index contributed by atoms with van der Waals surface area (Å²) >= 11 is 1.67. The van der Waals surface area contributed by atoms with Crippen molar-refractivity contribution in [2.75, 3.05) is 24.6 Å². The SMILES string of the molecule is CCOc1ccc(CNC(=O)[C@H]2CCCN(c3nc4c(s3)c(C)nn4-c3ccc(C)cc3)C2)cc1. The molecule has 1 N–H and O–H groups in total. The van der Waals surface area contributed by atoms with Gasteiger partial charge in [-0.3, -0.25) is 4.79 Å². The number of fused-ring (bicyclic) bond motifs is 1. The second-order valence-electron chi connectivity index (χ2n) is 9.06. The van der Waals surface area contributed by atoms with Crippen molar-refractivity contribution in [3.05, 3.63) is 65.4 Å². The molecule has 0 aliphatic carbocycles. The summed E-state index contributed by atoms with van der Waals surface area (Å²) in [6.07, 6.45) is 1.87. The zero-order valence-corrected chi connectivity index (χ0v) is 21.3. The van der Waals surface area contributed by atoms with E-state index in [1.807, 2.05) is 42.8 Å². The summed E-state index contributed by atoms with van der Waals surface area (Å²) in [6, 6.07) is 16.2. The number of rotatable bonds is 7.